The molecule has 0 radical (unpaired) electrons. The summed E-state index contributed by atoms with van der Waals surface area (Å²) < 4.78 is 49.0. The quantitative estimate of drug-likeness (QED) is 0.792. The Morgan fingerprint density at radius 3 is 2.52 bits per heavy atom. The van der Waals surface area contributed by atoms with Gasteiger partial charge in [0.1, 0.15) is 23.5 Å². The zero-order valence-electron chi connectivity index (χ0n) is 14.1. The number of hydrogen-bond acceptors (Lipinski definition) is 4. The molecular weight excluding hydrogens is 361 g/mol. The van der Waals surface area contributed by atoms with Gasteiger partial charge in [-0.15, -0.1) is 0 Å². The maximum atomic E-state index is 12.6. The van der Waals surface area contributed by atoms with Gasteiger partial charge >= 0.3 is 6.18 Å². The van der Waals surface area contributed by atoms with Gasteiger partial charge < -0.3 is 14.8 Å². The molecule has 0 saturated heterocycles. The summed E-state index contributed by atoms with van der Waals surface area (Å²) in [4.78, 5) is 11.6. The first-order valence-electron chi connectivity index (χ1n) is 8.10. The molecule has 0 aromatic heterocycles. The van der Waals surface area contributed by atoms with Crippen molar-refractivity contribution in [2.75, 3.05) is 0 Å². The Bertz CT molecular complexity index is 850. The van der Waals surface area contributed by atoms with Crippen LogP contribution in [0.2, 0.25) is 0 Å². The van der Waals surface area contributed by atoms with Crippen LogP contribution in [0.4, 0.5) is 13.2 Å². The number of fused-ring (bicyclic) bond motifs is 1. The van der Waals surface area contributed by atoms with Crippen molar-refractivity contribution in [3.05, 3.63) is 66.2 Å². The molecule has 5 nitrogen and oxygen atoms in total. The van der Waals surface area contributed by atoms with Crippen LogP contribution < -0.4 is 20.5 Å². The topological polar surface area (TPSA) is 73.6 Å². The molecule has 0 bridgehead atoms. The molecule has 2 aromatic carbocycles. The summed E-state index contributed by atoms with van der Waals surface area (Å²) in [6.07, 6.45) is -3.46. The fourth-order valence-corrected chi connectivity index (χ4v) is 2.75. The predicted molar refractivity (Wildman–Crippen MR) is 92.3 cm³/mol. The summed E-state index contributed by atoms with van der Waals surface area (Å²) in [7, 11) is 0. The Morgan fingerprint density at radius 1 is 1.22 bits per heavy atom. The molecule has 0 saturated carbocycles. The first-order chi connectivity index (χ1) is 12.8. The van der Waals surface area contributed by atoms with Crippen molar-refractivity contribution < 1.29 is 27.4 Å². The summed E-state index contributed by atoms with van der Waals surface area (Å²) in [5, 5.41) is 2.78. The summed E-state index contributed by atoms with van der Waals surface area (Å²) in [6, 6.07) is 8.97. The Morgan fingerprint density at radius 2 is 1.89 bits per heavy atom. The molecule has 0 fully saturated rings. The molecule has 1 aliphatic rings. The number of ether oxygens (including phenoxy) is 2. The standard InChI is InChI=1S/C19H17F3N2O3/c1-2-18(25)24-15-10-17(23)27-16-9-13(7-8-14(15)16)26-12-5-3-11(4-6-12)19(20,21)22/h2-9,15,17H,1,10,23H2,(H,24,25)/t15?,17-/m1/s1. The van der Waals surface area contributed by atoms with Crippen LogP contribution in [0.3, 0.4) is 0 Å². The van der Waals surface area contributed by atoms with Crippen molar-refractivity contribution >= 4 is 5.91 Å². The summed E-state index contributed by atoms with van der Waals surface area (Å²) >= 11 is 0. The maximum Gasteiger partial charge on any atom is 0.416 e. The van der Waals surface area contributed by atoms with Gasteiger partial charge in [-0.05, 0) is 42.5 Å². The number of hydrogen-bond donors (Lipinski definition) is 2. The molecule has 1 heterocycles. The summed E-state index contributed by atoms with van der Waals surface area (Å²) in [6.45, 7) is 3.42. The van der Waals surface area contributed by atoms with E-state index in [1.54, 1.807) is 18.2 Å². The van der Waals surface area contributed by atoms with Crippen molar-refractivity contribution in [2.45, 2.75) is 24.9 Å². The lowest BCUT2D eigenvalue weighted by molar-refractivity contribution is -0.137. The zero-order valence-corrected chi connectivity index (χ0v) is 14.1. The van der Waals surface area contributed by atoms with Crippen molar-refractivity contribution in [1.29, 1.82) is 0 Å². The number of nitrogens with one attached hydrogen (secondary N) is 1. The number of alkyl halides is 3. The number of carbonyl (C=O) groups is 1. The third-order valence-corrected chi connectivity index (χ3v) is 4.03. The molecule has 2 atom stereocenters. The van der Waals surface area contributed by atoms with Crippen molar-refractivity contribution in [1.82, 2.24) is 5.32 Å². The van der Waals surface area contributed by atoms with E-state index in [2.05, 4.69) is 11.9 Å². The molecule has 0 aliphatic carbocycles. The van der Waals surface area contributed by atoms with E-state index < -0.39 is 18.0 Å². The molecule has 27 heavy (non-hydrogen) atoms. The van der Waals surface area contributed by atoms with Crippen LogP contribution in [0.1, 0.15) is 23.6 Å². The average Bonchev–Trinajstić information content (AvgIpc) is 2.61. The minimum atomic E-state index is -4.40. The highest BCUT2D eigenvalue weighted by Gasteiger charge is 2.30. The SMILES string of the molecule is C=CC(=O)NC1C[C@H](N)Oc2cc(Oc3ccc(C(F)(F)F)cc3)ccc21. The second-order valence-corrected chi connectivity index (χ2v) is 5.98. The molecule has 2 aromatic rings. The lowest BCUT2D eigenvalue weighted by Gasteiger charge is -2.30. The van der Waals surface area contributed by atoms with E-state index in [1.165, 1.54) is 18.2 Å². The Balaban J connectivity index is 1.80. The van der Waals surface area contributed by atoms with Crippen LogP contribution in [0.5, 0.6) is 17.2 Å². The highest BCUT2D eigenvalue weighted by molar-refractivity contribution is 5.87. The Labute approximate surface area is 153 Å². The van der Waals surface area contributed by atoms with Gasteiger partial charge in [0.25, 0.3) is 0 Å². The summed E-state index contributed by atoms with van der Waals surface area (Å²) in [5.41, 5.74) is 5.84. The number of rotatable bonds is 4. The largest absolute Gasteiger partial charge is 0.475 e. The van der Waals surface area contributed by atoms with E-state index in [0.717, 1.165) is 17.7 Å². The van der Waals surface area contributed by atoms with E-state index in [4.69, 9.17) is 15.2 Å². The van der Waals surface area contributed by atoms with Gasteiger partial charge in [-0.3, -0.25) is 10.5 Å². The number of halogens is 3. The van der Waals surface area contributed by atoms with Crippen molar-refractivity contribution in [2.24, 2.45) is 5.73 Å². The monoisotopic (exact) mass is 378 g/mol. The normalized spacial score (nSPS) is 18.8. The Kier molecular flexibility index (Phi) is 5.09. The van der Waals surface area contributed by atoms with Gasteiger partial charge in [0, 0.05) is 18.1 Å². The maximum absolute atomic E-state index is 12.6. The second-order valence-electron chi connectivity index (χ2n) is 5.98. The molecule has 8 heteroatoms. The highest BCUT2D eigenvalue weighted by atomic mass is 19.4. The van der Waals surface area contributed by atoms with Gasteiger partial charge in [-0.25, -0.2) is 0 Å². The van der Waals surface area contributed by atoms with Crippen LogP contribution >= 0.6 is 0 Å². The van der Waals surface area contributed by atoms with Crippen LogP contribution in [0, 0.1) is 0 Å². The number of amides is 1. The van der Waals surface area contributed by atoms with Crippen LogP contribution in [-0.4, -0.2) is 12.1 Å². The fourth-order valence-electron chi connectivity index (χ4n) is 2.75. The second kappa shape index (κ2) is 7.32. The van der Waals surface area contributed by atoms with Gasteiger partial charge in [0.2, 0.25) is 5.91 Å². The van der Waals surface area contributed by atoms with Gasteiger partial charge in [-0.2, -0.15) is 13.2 Å². The average molecular weight is 378 g/mol. The number of nitrogens with two attached hydrogens (primary N) is 1. The van der Waals surface area contributed by atoms with Crippen molar-refractivity contribution in [3.63, 3.8) is 0 Å². The van der Waals surface area contributed by atoms with Crippen LogP contribution in [0.15, 0.2) is 55.1 Å². The van der Waals surface area contributed by atoms with Gasteiger partial charge in [-0.1, -0.05) is 6.58 Å². The van der Waals surface area contributed by atoms with Gasteiger partial charge in [0.05, 0.1) is 11.6 Å². The summed E-state index contributed by atoms with van der Waals surface area (Å²) in [5.74, 6) is 0.730. The predicted octanol–water partition coefficient (Wildman–Crippen LogP) is 3.91. The first-order valence-corrected chi connectivity index (χ1v) is 8.10. The number of benzene rings is 2. The minimum Gasteiger partial charge on any atom is -0.475 e. The number of carbonyl (C=O) groups excluding carboxylic acids is 1. The van der Waals surface area contributed by atoms with Crippen LogP contribution in [-0.2, 0) is 11.0 Å². The molecule has 1 aliphatic heterocycles. The molecule has 3 N–H and O–H groups in total. The molecular formula is C19H17F3N2O3. The molecule has 142 valence electrons. The van der Waals surface area contributed by atoms with E-state index in [-0.39, 0.29) is 17.7 Å². The molecule has 1 unspecified atom stereocenters. The van der Waals surface area contributed by atoms with E-state index in [9.17, 15) is 18.0 Å². The zero-order chi connectivity index (χ0) is 19.6. The first kappa shape index (κ1) is 18.8. The molecule has 0 spiro atoms. The third kappa shape index (κ3) is 4.40. The van der Waals surface area contributed by atoms with Gasteiger partial charge in [0.15, 0.2) is 0 Å². The minimum absolute atomic E-state index is 0.250. The van der Waals surface area contributed by atoms with E-state index in [1.807, 2.05) is 0 Å². The van der Waals surface area contributed by atoms with Crippen molar-refractivity contribution in [3.8, 4) is 17.2 Å². The van der Waals surface area contributed by atoms with E-state index in [0.29, 0.717) is 17.9 Å². The smallest absolute Gasteiger partial charge is 0.416 e. The molecule has 3 rings (SSSR count). The fraction of sp³-hybridized carbons (Fsp3) is 0.211. The molecule has 1 amide bonds. The lowest BCUT2D eigenvalue weighted by atomic mass is 9.99. The third-order valence-electron chi connectivity index (χ3n) is 4.03. The lowest BCUT2D eigenvalue weighted by Crippen LogP contribution is -2.39. The Hall–Kier alpha value is -3.00. The highest BCUT2D eigenvalue weighted by Crippen LogP contribution is 2.38. The van der Waals surface area contributed by atoms with E-state index >= 15 is 0 Å². The van der Waals surface area contributed by atoms with Crippen LogP contribution in [0.25, 0.3) is 0 Å².